The summed E-state index contributed by atoms with van der Waals surface area (Å²) in [6.45, 7) is 0.898. The van der Waals surface area contributed by atoms with Crippen molar-refractivity contribution in [1.29, 1.82) is 0 Å². The van der Waals surface area contributed by atoms with E-state index in [0.717, 1.165) is 0 Å². The van der Waals surface area contributed by atoms with Gasteiger partial charge in [-0.2, -0.15) is 0 Å². The number of amides is 1. The van der Waals surface area contributed by atoms with Crippen molar-refractivity contribution in [2.75, 3.05) is 13.1 Å². The van der Waals surface area contributed by atoms with E-state index in [1.165, 1.54) is 0 Å². The maximum atomic E-state index is 11.5. The summed E-state index contributed by atoms with van der Waals surface area (Å²) in [4.78, 5) is 45.2. The van der Waals surface area contributed by atoms with Crippen LogP contribution < -0.4 is 11.1 Å². The van der Waals surface area contributed by atoms with Crippen molar-refractivity contribution in [3.8, 4) is 0 Å². The normalized spacial score (nSPS) is 19.7. The van der Waals surface area contributed by atoms with Crippen LogP contribution in [0, 0.1) is 16.0 Å². The molecule has 136 valence electrons. The fraction of sp³-hybridized carbons (Fsp3) is 0.615. The summed E-state index contributed by atoms with van der Waals surface area (Å²) in [7, 11) is 0. The molecule has 0 radical (unpaired) electrons. The van der Waals surface area contributed by atoms with Gasteiger partial charge in [0.1, 0.15) is 6.10 Å². The number of aliphatic carboxylic acids is 2. The lowest BCUT2D eigenvalue weighted by Crippen LogP contribution is -2.37. The van der Waals surface area contributed by atoms with Crippen LogP contribution in [0.5, 0.6) is 0 Å². The fourth-order valence-electron chi connectivity index (χ4n) is 2.03. The van der Waals surface area contributed by atoms with Gasteiger partial charge in [-0.15, -0.1) is 10.1 Å². The van der Waals surface area contributed by atoms with Gasteiger partial charge in [-0.05, 0) is 25.7 Å². The molecule has 0 bridgehead atoms. The molecule has 1 aliphatic carbocycles. The zero-order chi connectivity index (χ0) is 18.5. The van der Waals surface area contributed by atoms with Gasteiger partial charge in [0.2, 0.25) is 5.91 Å². The molecular weight excluding hydrogens is 326 g/mol. The van der Waals surface area contributed by atoms with E-state index in [2.05, 4.69) is 10.2 Å². The topological polar surface area (TPSA) is 182 Å². The van der Waals surface area contributed by atoms with Crippen LogP contribution >= 0.6 is 0 Å². The largest absolute Gasteiger partial charge is 0.478 e. The van der Waals surface area contributed by atoms with E-state index in [9.17, 15) is 24.5 Å². The van der Waals surface area contributed by atoms with E-state index in [4.69, 9.17) is 15.9 Å². The fourth-order valence-corrected chi connectivity index (χ4v) is 2.03. The highest BCUT2D eigenvalue weighted by Crippen LogP contribution is 2.26. The number of hydrogen-bond acceptors (Lipinski definition) is 7. The monoisotopic (exact) mass is 347 g/mol. The molecule has 5 N–H and O–H groups in total. The summed E-state index contributed by atoms with van der Waals surface area (Å²) >= 11 is 0. The number of nitrogens with zero attached hydrogens (tertiary/aromatic N) is 1. The van der Waals surface area contributed by atoms with Crippen molar-refractivity contribution in [2.24, 2.45) is 11.7 Å². The van der Waals surface area contributed by atoms with Crippen LogP contribution in [0.3, 0.4) is 0 Å². The molecule has 1 fully saturated rings. The van der Waals surface area contributed by atoms with Gasteiger partial charge in [-0.3, -0.25) is 4.79 Å². The molecule has 24 heavy (non-hydrogen) atoms. The van der Waals surface area contributed by atoms with E-state index in [0.29, 0.717) is 50.9 Å². The smallest absolute Gasteiger partial charge is 0.328 e. The predicted molar refractivity (Wildman–Crippen MR) is 80.3 cm³/mol. The Morgan fingerprint density at radius 3 is 2.04 bits per heavy atom. The molecule has 0 aliphatic heterocycles. The van der Waals surface area contributed by atoms with Gasteiger partial charge in [0.05, 0.1) is 0 Å². The maximum Gasteiger partial charge on any atom is 0.328 e. The number of hydrogen-bond donors (Lipinski definition) is 4. The summed E-state index contributed by atoms with van der Waals surface area (Å²) < 4.78 is 0. The molecule has 1 aliphatic rings. The highest BCUT2D eigenvalue weighted by atomic mass is 17.0. The van der Waals surface area contributed by atoms with E-state index < -0.39 is 17.0 Å². The van der Waals surface area contributed by atoms with E-state index in [1.54, 1.807) is 0 Å². The van der Waals surface area contributed by atoms with Gasteiger partial charge in [0, 0.05) is 31.2 Å². The van der Waals surface area contributed by atoms with E-state index in [-0.39, 0.29) is 17.9 Å². The Labute approximate surface area is 137 Å². The van der Waals surface area contributed by atoms with Crippen molar-refractivity contribution < 1.29 is 34.5 Å². The molecule has 0 heterocycles. The van der Waals surface area contributed by atoms with Crippen LogP contribution in [0.25, 0.3) is 0 Å². The van der Waals surface area contributed by atoms with Gasteiger partial charge in [-0.25, -0.2) is 9.59 Å². The lowest BCUT2D eigenvalue weighted by Gasteiger charge is -2.26. The molecule has 0 spiro atoms. The van der Waals surface area contributed by atoms with Crippen LogP contribution in [0.4, 0.5) is 0 Å². The van der Waals surface area contributed by atoms with Crippen molar-refractivity contribution in [3.05, 3.63) is 22.3 Å². The molecule has 0 atom stereocenters. The molecule has 1 amide bonds. The Morgan fingerprint density at radius 2 is 1.67 bits per heavy atom. The molecule has 11 heteroatoms. The maximum absolute atomic E-state index is 11.5. The van der Waals surface area contributed by atoms with E-state index in [1.807, 2.05) is 0 Å². The molecule has 0 aromatic heterocycles. The van der Waals surface area contributed by atoms with Crippen molar-refractivity contribution in [2.45, 2.75) is 31.8 Å². The minimum absolute atomic E-state index is 0.00926. The van der Waals surface area contributed by atoms with Crippen molar-refractivity contribution >= 4 is 17.8 Å². The third-order valence-electron chi connectivity index (χ3n) is 3.09. The van der Waals surface area contributed by atoms with Crippen LogP contribution in [0.2, 0.25) is 0 Å². The first-order valence-corrected chi connectivity index (χ1v) is 7.19. The number of nitrogens with two attached hydrogens (primary N) is 1. The van der Waals surface area contributed by atoms with Crippen LogP contribution in [-0.2, 0) is 19.2 Å². The SMILES string of the molecule is NCCNC(=O)C1CCC(O[N+](=O)[O-])CC1.O=C(O)C=CC(=O)O. The van der Waals surface area contributed by atoms with Crippen molar-refractivity contribution in [3.63, 3.8) is 0 Å². The first kappa shape index (κ1) is 21.3. The Morgan fingerprint density at radius 1 is 1.17 bits per heavy atom. The summed E-state index contributed by atoms with van der Waals surface area (Å²) in [5, 5.41) is 27.7. The number of carboxylic acids is 2. The van der Waals surface area contributed by atoms with Crippen molar-refractivity contribution in [1.82, 2.24) is 5.32 Å². The van der Waals surface area contributed by atoms with Gasteiger partial charge in [0.25, 0.3) is 5.09 Å². The van der Waals surface area contributed by atoms with Gasteiger partial charge in [-0.1, -0.05) is 0 Å². The average molecular weight is 347 g/mol. The summed E-state index contributed by atoms with van der Waals surface area (Å²) in [6.07, 6.45) is 3.14. The zero-order valence-corrected chi connectivity index (χ0v) is 12.9. The minimum atomic E-state index is -1.26. The second kappa shape index (κ2) is 11.8. The predicted octanol–water partition coefficient (Wildman–Crippen LogP) is -0.460. The molecule has 1 rings (SSSR count). The number of carboxylic acid groups (broad SMARTS) is 2. The Kier molecular flexibility index (Phi) is 10.5. The molecule has 0 aromatic rings. The Bertz CT molecular complexity index is 456. The lowest BCUT2D eigenvalue weighted by atomic mass is 9.87. The second-order valence-electron chi connectivity index (χ2n) is 4.89. The molecule has 0 unspecified atom stereocenters. The van der Waals surface area contributed by atoms with Crippen LogP contribution in [-0.4, -0.2) is 52.3 Å². The minimum Gasteiger partial charge on any atom is -0.478 e. The second-order valence-corrected chi connectivity index (χ2v) is 4.89. The summed E-state index contributed by atoms with van der Waals surface area (Å²) in [5.74, 6) is -2.58. The van der Waals surface area contributed by atoms with Gasteiger partial charge in [0.15, 0.2) is 0 Å². The third kappa shape index (κ3) is 11.0. The molecule has 0 saturated heterocycles. The first-order valence-electron chi connectivity index (χ1n) is 7.19. The van der Waals surface area contributed by atoms with Gasteiger partial charge < -0.3 is 26.1 Å². The number of carbonyl (C=O) groups is 3. The standard InChI is InChI=1S/C9H17N3O4.C4H4O4/c10-5-6-11-9(13)7-1-3-8(4-2-7)16-12(14)15;5-3(6)1-2-4(7)8/h7-8H,1-6,10H2,(H,11,13);1-2H,(H,5,6)(H,7,8). The zero-order valence-electron chi connectivity index (χ0n) is 12.9. The van der Waals surface area contributed by atoms with Gasteiger partial charge >= 0.3 is 11.9 Å². The third-order valence-corrected chi connectivity index (χ3v) is 3.09. The number of nitrogens with one attached hydrogen (secondary N) is 1. The Hall–Kier alpha value is -2.69. The average Bonchev–Trinajstić information content (AvgIpc) is 2.51. The first-order chi connectivity index (χ1) is 11.3. The summed E-state index contributed by atoms with van der Waals surface area (Å²) in [6, 6.07) is 0. The van der Waals surface area contributed by atoms with Crippen LogP contribution in [0.15, 0.2) is 12.2 Å². The highest BCUT2D eigenvalue weighted by molar-refractivity contribution is 5.89. The lowest BCUT2D eigenvalue weighted by molar-refractivity contribution is -0.769. The number of rotatable bonds is 7. The summed E-state index contributed by atoms with van der Waals surface area (Å²) in [5.41, 5.74) is 5.27. The molecule has 0 aromatic carbocycles. The highest BCUT2D eigenvalue weighted by Gasteiger charge is 2.27. The molecular formula is C13H21N3O8. The van der Waals surface area contributed by atoms with Crippen LogP contribution in [0.1, 0.15) is 25.7 Å². The quantitative estimate of drug-likeness (QED) is 0.269. The van der Waals surface area contributed by atoms with E-state index >= 15 is 0 Å². The molecule has 1 saturated carbocycles. The Balaban J connectivity index is 0.000000561. The number of carbonyl (C=O) groups excluding carboxylic acids is 1. The molecule has 11 nitrogen and oxygen atoms in total.